The number of rotatable bonds is 3. The maximum absolute atomic E-state index is 6.23. The molecule has 0 N–H and O–H groups in total. The fourth-order valence-corrected chi connectivity index (χ4v) is 3.82. The van der Waals surface area contributed by atoms with Gasteiger partial charge in [-0.05, 0) is 42.5 Å². The predicted molar refractivity (Wildman–Crippen MR) is 98.9 cm³/mol. The first kappa shape index (κ1) is 14.4. The fourth-order valence-electron chi connectivity index (χ4n) is 2.67. The first-order chi connectivity index (χ1) is 11.3. The van der Waals surface area contributed by atoms with Gasteiger partial charge in [-0.3, -0.25) is 0 Å². The van der Waals surface area contributed by atoms with Crippen molar-refractivity contribution in [2.24, 2.45) is 0 Å². The predicted octanol–water partition coefficient (Wildman–Crippen LogP) is 6.44. The van der Waals surface area contributed by atoms with Crippen LogP contribution in [0.5, 0.6) is 0 Å². The minimum absolute atomic E-state index is 0.762. The molecule has 0 aliphatic heterocycles. The Morgan fingerprint density at radius 2 is 1.48 bits per heavy atom. The van der Waals surface area contributed by atoms with Crippen LogP contribution in [0.1, 0.15) is 0 Å². The molecule has 4 rings (SSSR count). The van der Waals surface area contributed by atoms with Crippen molar-refractivity contribution in [1.82, 2.24) is 4.57 Å². The Labute approximate surface area is 144 Å². The number of nitrogens with zero attached hydrogens (tertiary/aromatic N) is 1. The topological polar surface area (TPSA) is 4.93 Å². The lowest BCUT2D eigenvalue weighted by Gasteiger charge is -2.04. The molecule has 0 amide bonds. The second kappa shape index (κ2) is 6.15. The largest absolute Gasteiger partial charge is 0.315 e. The van der Waals surface area contributed by atoms with Gasteiger partial charge in [-0.1, -0.05) is 59.8 Å². The van der Waals surface area contributed by atoms with E-state index < -0.39 is 0 Å². The van der Waals surface area contributed by atoms with Crippen LogP contribution >= 0.6 is 23.4 Å². The van der Waals surface area contributed by atoms with Gasteiger partial charge in [-0.2, -0.15) is 0 Å². The van der Waals surface area contributed by atoms with E-state index >= 15 is 0 Å². The number of para-hydroxylation sites is 1. The highest BCUT2D eigenvalue weighted by molar-refractivity contribution is 7.99. The van der Waals surface area contributed by atoms with E-state index in [1.807, 2.05) is 24.3 Å². The average molecular weight is 336 g/mol. The highest BCUT2D eigenvalue weighted by Gasteiger charge is 2.11. The van der Waals surface area contributed by atoms with Crippen LogP contribution in [-0.4, -0.2) is 4.57 Å². The molecule has 0 radical (unpaired) electrons. The summed E-state index contributed by atoms with van der Waals surface area (Å²) in [5.74, 6) is 0. The van der Waals surface area contributed by atoms with Crippen LogP contribution in [0.3, 0.4) is 0 Å². The van der Waals surface area contributed by atoms with Gasteiger partial charge in [0, 0.05) is 32.1 Å². The smallest absolute Gasteiger partial charge is 0.0541 e. The summed E-state index contributed by atoms with van der Waals surface area (Å²) in [6, 6.07) is 26.9. The summed E-state index contributed by atoms with van der Waals surface area (Å²) in [6.45, 7) is 0. The SMILES string of the molecule is Clc1ccc2c(c1)c(Sc1ccccc1)cn2-c1ccccc1. The standard InChI is InChI=1S/C20H14ClNS/c21-15-11-12-19-18(13-15)20(23-17-9-5-2-6-10-17)14-22(19)16-7-3-1-4-8-16/h1-14H. The second-order valence-corrected chi connectivity index (χ2v) is 6.83. The minimum atomic E-state index is 0.762. The summed E-state index contributed by atoms with van der Waals surface area (Å²) in [5.41, 5.74) is 2.32. The third kappa shape index (κ3) is 2.88. The second-order valence-electron chi connectivity index (χ2n) is 5.28. The van der Waals surface area contributed by atoms with Crippen molar-refractivity contribution < 1.29 is 0 Å². The van der Waals surface area contributed by atoms with E-state index in [9.17, 15) is 0 Å². The molecular formula is C20H14ClNS. The molecule has 1 heterocycles. The molecule has 0 atom stereocenters. The van der Waals surface area contributed by atoms with E-state index in [2.05, 4.69) is 65.4 Å². The molecule has 1 nitrogen and oxygen atoms in total. The van der Waals surface area contributed by atoms with Crippen molar-refractivity contribution >= 4 is 34.3 Å². The Balaban J connectivity index is 1.89. The van der Waals surface area contributed by atoms with Crippen LogP contribution in [0.4, 0.5) is 0 Å². The van der Waals surface area contributed by atoms with Crippen LogP contribution < -0.4 is 0 Å². The van der Waals surface area contributed by atoms with Gasteiger partial charge in [-0.15, -0.1) is 0 Å². The molecule has 1 aromatic heterocycles. The Morgan fingerprint density at radius 3 is 2.22 bits per heavy atom. The molecule has 3 aromatic carbocycles. The zero-order chi connectivity index (χ0) is 15.6. The van der Waals surface area contributed by atoms with E-state index in [4.69, 9.17) is 11.6 Å². The van der Waals surface area contributed by atoms with Crippen LogP contribution in [-0.2, 0) is 0 Å². The number of halogens is 1. The monoisotopic (exact) mass is 335 g/mol. The molecule has 4 aromatic rings. The molecule has 0 fully saturated rings. The van der Waals surface area contributed by atoms with Crippen LogP contribution in [0.15, 0.2) is 94.9 Å². The lowest BCUT2D eigenvalue weighted by molar-refractivity contribution is 1.11. The van der Waals surface area contributed by atoms with Gasteiger partial charge < -0.3 is 4.57 Å². The van der Waals surface area contributed by atoms with Crippen LogP contribution in [0.2, 0.25) is 5.02 Å². The maximum Gasteiger partial charge on any atom is 0.0541 e. The molecule has 3 heteroatoms. The average Bonchev–Trinajstić information content (AvgIpc) is 2.94. The van der Waals surface area contributed by atoms with Crippen LogP contribution in [0, 0.1) is 0 Å². The van der Waals surface area contributed by atoms with Gasteiger partial charge in [0.05, 0.1) is 5.52 Å². The third-order valence-electron chi connectivity index (χ3n) is 3.74. The minimum Gasteiger partial charge on any atom is -0.315 e. The van der Waals surface area contributed by atoms with Crippen molar-refractivity contribution in [1.29, 1.82) is 0 Å². The van der Waals surface area contributed by atoms with Crippen LogP contribution in [0.25, 0.3) is 16.6 Å². The van der Waals surface area contributed by atoms with Crippen molar-refractivity contribution in [3.05, 3.63) is 90.1 Å². The molecule has 23 heavy (non-hydrogen) atoms. The molecule has 0 aliphatic carbocycles. The number of benzene rings is 3. The maximum atomic E-state index is 6.23. The Kier molecular flexibility index (Phi) is 3.86. The van der Waals surface area contributed by atoms with Crippen molar-refractivity contribution in [2.75, 3.05) is 0 Å². The summed E-state index contributed by atoms with van der Waals surface area (Å²) < 4.78 is 2.22. The van der Waals surface area contributed by atoms with Gasteiger partial charge in [-0.25, -0.2) is 0 Å². The fraction of sp³-hybridized carbons (Fsp3) is 0. The van der Waals surface area contributed by atoms with E-state index in [1.54, 1.807) is 11.8 Å². The molecule has 0 bridgehead atoms. The molecule has 0 saturated heterocycles. The number of hydrogen-bond acceptors (Lipinski definition) is 1. The molecule has 112 valence electrons. The summed E-state index contributed by atoms with van der Waals surface area (Å²) in [7, 11) is 0. The van der Waals surface area contributed by atoms with E-state index in [-0.39, 0.29) is 0 Å². The Bertz CT molecular complexity index is 945. The summed E-state index contributed by atoms with van der Waals surface area (Å²) in [6.07, 6.45) is 2.19. The molecule has 0 unspecified atom stereocenters. The molecule has 0 spiro atoms. The Morgan fingerprint density at radius 1 is 0.783 bits per heavy atom. The van der Waals surface area contributed by atoms with Gasteiger partial charge >= 0.3 is 0 Å². The first-order valence-electron chi connectivity index (χ1n) is 7.40. The zero-order valence-electron chi connectivity index (χ0n) is 12.3. The highest BCUT2D eigenvalue weighted by Crippen LogP contribution is 2.37. The van der Waals surface area contributed by atoms with Gasteiger partial charge in [0.15, 0.2) is 0 Å². The quantitative estimate of drug-likeness (QED) is 0.417. The highest BCUT2D eigenvalue weighted by atomic mass is 35.5. The molecule has 0 saturated carbocycles. The van der Waals surface area contributed by atoms with Crippen molar-refractivity contribution in [3.63, 3.8) is 0 Å². The lowest BCUT2D eigenvalue weighted by Crippen LogP contribution is -1.90. The van der Waals surface area contributed by atoms with Crippen molar-refractivity contribution in [3.8, 4) is 5.69 Å². The van der Waals surface area contributed by atoms with Crippen molar-refractivity contribution in [2.45, 2.75) is 9.79 Å². The van der Waals surface area contributed by atoms with Gasteiger partial charge in [0.25, 0.3) is 0 Å². The zero-order valence-corrected chi connectivity index (χ0v) is 13.9. The lowest BCUT2D eigenvalue weighted by atomic mass is 10.2. The molecular weight excluding hydrogens is 322 g/mol. The summed E-state index contributed by atoms with van der Waals surface area (Å²) in [5, 5.41) is 1.94. The Hall–Kier alpha value is -2.16. The first-order valence-corrected chi connectivity index (χ1v) is 8.60. The summed E-state index contributed by atoms with van der Waals surface area (Å²) >= 11 is 7.99. The van der Waals surface area contributed by atoms with Gasteiger partial charge in [0.1, 0.15) is 0 Å². The number of fused-ring (bicyclic) bond motifs is 1. The molecule has 0 aliphatic rings. The number of aromatic nitrogens is 1. The number of hydrogen-bond donors (Lipinski definition) is 0. The third-order valence-corrected chi connectivity index (χ3v) is 5.02. The summed E-state index contributed by atoms with van der Waals surface area (Å²) in [4.78, 5) is 2.43. The normalized spacial score (nSPS) is 11.0. The van der Waals surface area contributed by atoms with E-state index in [0.717, 1.165) is 10.7 Å². The van der Waals surface area contributed by atoms with Gasteiger partial charge in [0.2, 0.25) is 0 Å². The van der Waals surface area contributed by atoms with E-state index in [1.165, 1.54) is 20.7 Å². The van der Waals surface area contributed by atoms with E-state index in [0.29, 0.717) is 0 Å².